The number of aromatic nitrogens is 3. The SMILES string of the molecule is COc1c(F)cc(-n2c(C3CCCN3)nc3c(-c4ccc(C)nc4)cc(C#N)cc3c2=O)cc1F. The number of nitriles is 1. The van der Waals surface area contributed by atoms with Crippen molar-refractivity contribution in [2.24, 2.45) is 0 Å². The van der Waals surface area contributed by atoms with E-state index in [-0.39, 0.29) is 22.7 Å². The summed E-state index contributed by atoms with van der Waals surface area (Å²) in [5.41, 5.74) is 2.23. The van der Waals surface area contributed by atoms with E-state index >= 15 is 0 Å². The van der Waals surface area contributed by atoms with Crippen molar-refractivity contribution < 1.29 is 13.5 Å². The number of rotatable bonds is 4. The third-order valence-corrected chi connectivity index (χ3v) is 6.17. The van der Waals surface area contributed by atoms with Gasteiger partial charge in [-0.15, -0.1) is 0 Å². The second kappa shape index (κ2) is 8.89. The molecule has 1 aliphatic rings. The van der Waals surface area contributed by atoms with E-state index in [9.17, 15) is 18.8 Å². The summed E-state index contributed by atoms with van der Waals surface area (Å²) in [6, 6.07) is 10.7. The van der Waals surface area contributed by atoms with E-state index in [4.69, 9.17) is 9.72 Å². The lowest BCUT2D eigenvalue weighted by molar-refractivity contribution is 0.359. The molecular weight excluding hydrogens is 452 g/mol. The number of halogens is 2. The zero-order valence-electron chi connectivity index (χ0n) is 19.1. The van der Waals surface area contributed by atoms with Gasteiger partial charge >= 0.3 is 0 Å². The summed E-state index contributed by atoms with van der Waals surface area (Å²) in [4.78, 5) is 23.1. The molecule has 1 saturated heterocycles. The Hall–Kier alpha value is -4.16. The average molecular weight is 473 g/mol. The fourth-order valence-corrected chi connectivity index (χ4v) is 4.48. The molecule has 1 fully saturated rings. The number of hydrogen-bond acceptors (Lipinski definition) is 6. The predicted molar refractivity (Wildman–Crippen MR) is 126 cm³/mol. The quantitative estimate of drug-likeness (QED) is 0.474. The van der Waals surface area contributed by atoms with Gasteiger partial charge in [-0.3, -0.25) is 14.3 Å². The molecule has 0 radical (unpaired) electrons. The van der Waals surface area contributed by atoms with Gasteiger partial charge in [-0.2, -0.15) is 5.26 Å². The van der Waals surface area contributed by atoms with Gasteiger partial charge in [-0.25, -0.2) is 13.8 Å². The molecule has 0 aliphatic carbocycles. The first-order valence-corrected chi connectivity index (χ1v) is 11.1. The molecule has 7 nitrogen and oxygen atoms in total. The highest BCUT2D eigenvalue weighted by Gasteiger charge is 2.26. The van der Waals surface area contributed by atoms with Crippen LogP contribution in [0, 0.1) is 29.9 Å². The molecular formula is C26H21F2N5O2. The summed E-state index contributed by atoms with van der Waals surface area (Å²) in [7, 11) is 1.17. The van der Waals surface area contributed by atoms with Gasteiger partial charge in [0.1, 0.15) is 5.82 Å². The van der Waals surface area contributed by atoms with Crippen molar-refractivity contribution in [3.05, 3.63) is 81.7 Å². The van der Waals surface area contributed by atoms with Crippen LogP contribution < -0.4 is 15.6 Å². The van der Waals surface area contributed by atoms with E-state index in [1.165, 1.54) is 17.7 Å². The average Bonchev–Trinajstić information content (AvgIpc) is 3.39. The topological polar surface area (TPSA) is 92.8 Å². The Balaban J connectivity index is 1.87. The Morgan fingerprint density at radius 1 is 1.20 bits per heavy atom. The van der Waals surface area contributed by atoms with E-state index in [0.717, 1.165) is 30.8 Å². The number of aryl methyl sites for hydroxylation is 1. The normalized spacial score (nSPS) is 15.3. The van der Waals surface area contributed by atoms with Crippen molar-refractivity contribution >= 4 is 10.9 Å². The molecule has 1 atom stereocenters. The number of methoxy groups -OCH3 is 1. The van der Waals surface area contributed by atoms with Crippen molar-refractivity contribution in [1.82, 2.24) is 19.9 Å². The Bertz CT molecular complexity index is 1530. The maximum atomic E-state index is 14.6. The Kier molecular flexibility index (Phi) is 5.75. The first-order valence-electron chi connectivity index (χ1n) is 11.1. The van der Waals surface area contributed by atoms with Crippen LogP contribution in [0.2, 0.25) is 0 Å². The number of benzene rings is 2. The van der Waals surface area contributed by atoms with Crippen LogP contribution in [0.5, 0.6) is 5.75 Å². The van der Waals surface area contributed by atoms with Crippen LogP contribution in [0.4, 0.5) is 8.78 Å². The third kappa shape index (κ3) is 3.92. The van der Waals surface area contributed by atoms with Gasteiger partial charge in [0.25, 0.3) is 5.56 Å². The zero-order chi connectivity index (χ0) is 24.7. The summed E-state index contributed by atoms with van der Waals surface area (Å²) in [6.07, 6.45) is 3.24. The minimum absolute atomic E-state index is 0.00943. The minimum atomic E-state index is -0.933. The van der Waals surface area contributed by atoms with E-state index in [0.29, 0.717) is 28.9 Å². The van der Waals surface area contributed by atoms with Crippen molar-refractivity contribution in [3.63, 3.8) is 0 Å². The molecule has 4 aromatic rings. The molecule has 1 aliphatic heterocycles. The molecule has 2 aromatic carbocycles. The Morgan fingerprint density at radius 2 is 1.97 bits per heavy atom. The van der Waals surface area contributed by atoms with Gasteiger partial charge < -0.3 is 10.1 Å². The van der Waals surface area contributed by atoms with Crippen LogP contribution in [-0.4, -0.2) is 28.2 Å². The van der Waals surface area contributed by atoms with E-state index in [1.54, 1.807) is 12.3 Å². The highest BCUT2D eigenvalue weighted by Crippen LogP contribution is 2.32. The minimum Gasteiger partial charge on any atom is -0.491 e. The second-order valence-electron chi connectivity index (χ2n) is 8.42. The fourth-order valence-electron chi connectivity index (χ4n) is 4.48. The molecule has 0 spiro atoms. The molecule has 1 N–H and O–H groups in total. The molecule has 2 aromatic heterocycles. The maximum Gasteiger partial charge on any atom is 0.266 e. The fraction of sp³-hybridized carbons (Fsp3) is 0.231. The lowest BCUT2D eigenvalue weighted by atomic mass is 10.00. The molecule has 1 unspecified atom stereocenters. The number of hydrogen-bond donors (Lipinski definition) is 1. The molecule has 0 bridgehead atoms. The zero-order valence-corrected chi connectivity index (χ0v) is 19.1. The standard InChI is InChI=1S/C26H21F2N5O2/c1-14-5-6-16(13-31-14)18-8-15(12-29)9-19-23(18)32-25(22-4-3-7-30-22)33(26(19)34)17-10-20(27)24(35-2)21(28)11-17/h5-6,8-11,13,22,30H,3-4,7H2,1-2H3. The van der Waals surface area contributed by atoms with E-state index < -0.39 is 22.9 Å². The largest absolute Gasteiger partial charge is 0.491 e. The van der Waals surface area contributed by atoms with Crippen LogP contribution in [0.1, 0.15) is 36.0 Å². The molecule has 0 amide bonds. The van der Waals surface area contributed by atoms with Gasteiger partial charge in [-0.1, -0.05) is 6.07 Å². The summed E-state index contributed by atoms with van der Waals surface area (Å²) in [6.45, 7) is 2.59. The van der Waals surface area contributed by atoms with Crippen LogP contribution in [0.25, 0.3) is 27.7 Å². The van der Waals surface area contributed by atoms with Crippen LogP contribution in [0.3, 0.4) is 0 Å². The lowest BCUT2D eigenvalue weighted by Gasteiger charge is -2.20. The van der Waals surface area contributed by atoms with Gasteiger partial charge in [0, 0.05) is 35.2 Å². The molecule has 5 rings (SSSR count). The van der Waals surface area contributed by atoms with Gasteiger partial charge in [-0.05, 0) is 44.5 Å². The van der Waals surface area contributed by atoms with Crippen LogP contribution in [-0.2, 0) is 0 Å². The Labute approximate surface area is 199 Å². The Morgan fingerprint density at radius 3 is 2.57 bits per heavy atom. The lowest BCUT2D eigenvalue weighted by Crippen LogP contribution is -2.29. The van der Waals surface area contributed by atoms with E-state index in [1.807, 2.05) is 19.1 Å². The number of fused-ring (bicyclic) bond motifs is 1. The summed E-state index contributed by atoms with van der Waals surface area (Å²) in [5, 5.41) is 13.1. The van der Waals surface area contributed by atoms with Crippen molar-refractivity contribution in [2.45, 2.75) is 25.8 Å². The summed E-state index contributed by atoms with van der Waals surface area (Å²) < 4.78 is 35.3. The van der Waals surface area contributed by atoms with Crippen molar-refractivity contribution in [3.8, 4) is 28.6 Å². The monoisotopic (exact) mass is 473 g/mol. The first kappa shape index (κ1) is 22.6. The number of nitrogens with zero attached hydrogens (tertiary/aromatic N) is 4. The smallest absolute Gasteiger partial charge is 0.266 e. The first-order chi connectivity index (χ1) is 16.9. The molecule has 35 heavy (non-hydrogen) atoms. The van der Waals surface area contributed by atoms with Gasteiger partial charge in [0.05, 0.1) is 41.4 Å². The predicted octanol–water partition coefficient (Wildman–Crippen LogP) is 4.34. The number of nitrogens with one attached hydrogen (secondary N) is 1. The van der Waals surface area contributed by atoms with E-state index in [2.05, 4.69) is 16.4 Å². The number of pyridine rings is 1. The highest BCUT2D eigenvalue weighted by molar-refractivity contribution is 5.94. The van der Waals surface area contributed by atoms with Crippen LogP contribution in [0.15, 0.2) is 47.4 Å². The second-order valence-corrected chi connectivity index (χ2v) is 8.42. The molecule has 0 saturated carbocycles. The summed E-state index contributed by atoms with van der Waals surface area (Å²) >= 11 is 0. The van der Waals surface area contributed by atoms with Crippen molar-refractivity contribution in [1.29, 1.82) is 5.26 Å². The van der Waals surface area contributed by atoms with Gasteiger partial charge in [0.15, 0.2) is 17.4 Å². The highest BCUT2D eigenvalue weighted by atomic mass is 19.1. The number of ether oxygens (including phenoxy) is 1. The third-order valence-electron chi connectivity index (χ3n) is 6.17. The molecule has 3 heterocycles. The van der Waals surface area contributed by atoms with Crippen LogP contribution >= 0.6 is 0 Å². The van der Waals surface area contributed by atoms with Crippen molar-refractivity contribution in [2.75, 3.05) is 13.7 Å². The molecule has 176 valence electrons. The molecule has 9 heteroatoms. The summed E-state index contributed by atoms with van der Waals surface area (Å²) in [5.74, 6) is -2.05. The maximum absolute atomic E-state index is 14.6. The van der Waals surface area contributed by atoms with Gasteiger partial charge in [0.2, 0.25) is 0 Å².